The molecule has 2 nitrogen and oxygen atoms in total. The van der Waals surface area contributed by atoms with Gasteiger partial charge in [-0.25, -0.2) is 0 Å². The maximum atomic E-state index is 5.57. The molecule has 1 rings (SSSR count). The fourth-order valence-electron chi connectivity index (χ4n) is 1.58. The molecule has 0 aromatic heterocycles. The van der Waals surface area contributed by atoms with E-state index in [0.717, 1.165) is 19.5 Å². The highest BCUT2D eigenvalue weighted by atomic mass is 14.9. The Morgan fingerprint density at radius 1 is 1.33 bits per heavy atom. The summed E-state index contributed by atoms with van der Waals surface area (Å²) in [5.41, 5.74) is 9.44. The molecule has 2 heteroatoms. The second-order valence-electron chi connectivity index (χ2n) is 4.37. The van der Waals surface area contributed by atoms with Crippen LogP contribution in [0.5, 0.6) is 0 Å². The Morgan fingerprint density at radius 3 is 2.67 bits per heavy atom. The lowest BCUT2D eigenvalue weighted by atomic mass is 10.1. The van der Waals surface area contributed by atoms with Gasteiger partial charge in [0.15, 0.2) is 0 Å². The van der Waals surface area contributed by atoms with Crippen molar-refractivity contribution in [1.29, 1.82) is 0 Å². The molecule has 15 heavy (non-hydrogen) atoms. The monoisotopic (exact) mass is 206 g/mol. The van der Waals surface area contributed by atoms with E-state index in [4.69, 9.17) is 5.73 Å². The average molecular weight is 206 g/mol. The van der Waals surface area contributed by atoms with Crippen LogP contribution in [0.4, 0.5) is 5.69 Å². The van der Waals surface area contributed by atoms with Gasteiger partial charge in [-0.15, -0.1) is 0 Å². The summed E-state index contributed by atoms with van der Waals surface area (Å²) in [6, 6.07) is 6.49. The molecule has 0 aliphatic rings. The van der Waals surface area contributed by atoms with Crippen LogP contribution >= 0.6 is 0 Å². The van der Waals surface area contributed by atoms with Crippen molar-refractivity contribution in [1.82, 2.24) is 0 Å². The molecule has 84 valence electrons. The van der Waals surface area contributed by atoms with E-state index in [0.29, 0.717) is 5.92 Å². The summed E-state index contributed by atoms with van der Waals surface area (Å²) in [5, 5.41) is 3.45. The van der Waals surface area contributed by atoms with Gasteiger partial charge in [-0.3, -0.25) is 0 Å². The molecular weight excluding hydrogens is 184 g/mol. The van der Waals surface area contributed by atoms with Crippen LogP contribution in [0.15, 0.2) is 18.2 Å². The standard InChI is InChI=1S/C13H22N2/c1-10-4-5-13(12(3)8-10)15-7-6-11(2)9-14/h4-5,8,11,15H,6-7,9,14H2,1-3H3. The second kappa shape index (κ2) is 5.76. The first-order valence-electron chi connectivity index (χ1n) is 5.64. The Balaban J connectivity index is 2.44. The van der Waals surface area contributed by atoms with Crippen molar-refractivity contribution in [2.45, 2.75) is 27.2 Å². The van der Waals surface area contributed by atoms with E-state index >= 15 is 0 Å². The van der Waals surface area contributed by atoms with Gasteiger partial charge in [-0.2, -0.15) is 0 Å². The molecule has 0 spiro atoms. The van der Waals surface area contributed by atoms with Crippen molar-refractivity contribution in [2.24, 2.45) is 11.7 Å². The van der Waals surface area contributed by atoms with Crippen LogP contribution in [0.25, 0.3) is 0 Å². The molecule has 0 bridgehead atoms. The quantitative estimate of drug-likeness (QED) is 0.777. The highest BCUT2D eigenvalue weighted by Crippen LogP contribution is 2.16. The van der Waals surface area contributed by atoms with E-state index in [1.807, 2.05) is 0 Å². The van der Waals surface area contributed by atoms with Crippen LogP contribution < -0.4 is 11.1 Å². The highest BCUT2D eigenvalue weighted by molar-refractivity contribution is 5.51. The zero-order chi connectivity index (χ0) is 11.3. The van der Waals surface area contributed by atoms with E-state index < -0.39 is 0 Å². The van der Waals surface area contributed by atoms with E-state index in [2.05, 4.69) is 44.3 Å². The van der Waals surface area contributed by atoms with Gasteiger partial charge in [-0.05, 0) is 44.4 Å². The van der Waals surface area contributed by atoms with Crippen LogP contribution in [0, 0.1) is 19.8 Å². The van der Waals surface area contributed by atoms with Crippen molar-refractivity contribution < 1.29 is 0 Å². The summed E-state index contributed by atoms with van der Waals surface area (Å²) in [7, 11) is 0. The summed E-state index contributed by atoms with van der Waals surface area (Å²) < 4.78 is 0. The van der Waals surface area contributed by atoms with Crippen molar-refractivity contribution in [3.63, 3.8) is 0 Å². The molecule has 1 aromatic rings. The Hall–Kier alpha value is -1.02. The van der Waals surface area contributed by atoms with Crippen LogP contribution in [0.2, 0.25) is 0 Å². The first-order valence-corrected chi connectivity index (χ1v) is 5.64. The second-order valence-corrected chi connectivity index (χ2v) is 4.37. The molecule has 1 unspecified atom stereocenters. The largest absolute Gasteiger partial charge is 0.385 e. The Bertz CT molecular complexity index is 307. The topological polar surface area (TPSA) is 38.0 Å². The van der Waals surface area contributed by atoms with Crippen molar-refractivity contribution in [3.05, 3.63) is 29.3 Å². The minimum atomic E-state index is 0.600. The first kappa shape index (κ1) is 12.1. The molecule has 0 fully saturated rings. The van der Waals surface area contributed by atoms with Gasteiger partial charge in [0.05, 0.1) is 0 Å². The van der Waals surface area contributed by atoms with Crippen LogP contribution in [0.3, 0.4) is 0 Å². The van der Waals surface area contributed by atoms with Crippen molar-refractivity contribution in [2.75, 3.05) is 18.4 Å². The number of benzene rings is 1. The molecular formula is C13H22N2. The molecule has 3 N–H and O–H groups in total. The number of hydrogen-bond donors (Lipinski definition) is 2. The van der Waals surface area contributed by atoms with Crippen molar-refractivity contribution in [3.8, 4) is 0 Å². The molecule has 0 aliphatic heterocycles. The lowest BCUT2D eigenvalue weighted by molar-refractivity contribution is 0.561. The predicted molar refractivity (Wildman–Crippen MR) is 67.2 cm³/mol. The predicted octanol–water partition coefficient (Wildman–Crippen LogP) is 2.70. The zero-order valence-corrected chi connectivity index (χ0v) is 10.0. The lowest BCUT2D eigenvalue weighted by Gasteiger charge is -2.12. The normalized spacial score (nSPS) is 12.5. The molecule has 0 saturated carbocycles. The number of nitrogens with one attached hydrogen (secondary N) is 1. The number of nitrogens with two attached hydrogens (primary N) is 1. The van der Waals surface area contributed by atoms with Crippen LogP contribution in [0.1, 0.15) is 24.5 Å². The van der Waals surface area contributed by atoms with Gasteiger partial charge in [0.2, 0.25) is 0 Å². The van der Waals surface area contributed by atoms with E-state index in [9.17, 15) is 0 Å². The minimum Gasteiger partial charge on any atom is -0.385 e. The molecule has 1 atom stereocenters. The number of hydrogen-bond acceptors (Lipinski definition) is 2. The Kier molecular flexibility index (Phi) is 4.63. The van der Waals surface area contributed by atoms with Gasteiger partial charge in [0.1, 0.15) is 0 Å². The summed E-state index contributed by atoms with van der Waals surface area (Å²) >= 11 is 0. The molecule has 0 aliphatic carbocycles. The molecule has 0 heterocycles. The van der Waals surface area contributed by atoms with Gasteiger partial charge >= 0.3 is 0 Å². The fourth-order valence-corrected chi connectivity index (χ4v) is 1.58. The molecule has 1 aromatic carbocycles. The van der Waals surface area contributed by atoms with Crippen LogP contribution in [-0.4, -0.2) is 13.1 Å². The van der Waals surface area contributed by atoms with E-state index in [1.165, 1.54) is 16.8 Å². The number of anilines is 1. The number of aryl methyl sites for hydroxylation is 2. The average Bonchev–Trinajstić information content (AvgIpc) is 2.21. The summed E-state index contributed by atoms with van der Waals surface area (Å²) in [4.78, 5) is 0. The van der Waals surface area contributed by atoms with Crippen LogP contribution in [-0.2, 0) is 0 Å². The smallest absolute Gasteiger partial charge is 0.0370 e. The highest BCUT2D eigenvalue weighted by Gasteiger charge is 2.00. The lowest BCUT2D eigenvalue weighted by Crippen LogP contribution is -2.15. The zero-order valence-electron chi connectivity index (χ0n) is 10.0. The summed E-state index contributed by atoms with van der Waals surface area (Å²) in [6.07, 6.45) is 1.13. The van der Waals surface area contributed by atoms with Gasteiger partial charge in [0.25, 0.3) is 0 Å². The fraction of sp³-hybridized carbons (Fsp3) is 0.538. The van der Waals surface area contributed by atoms with E-state index in [-0.39, 0.29) is 0 Å². The SMILES string of the molecule is Cc1ccc(NCCC(C)CN)c(C)c1. The van der Waals surface area contributed by atoms with Gasteiger partial charge in [0, 0.05) is 12.2 Å². The van der Waals surface area contributed by atoms with Gasteiger partial charge < -0.3 is 11.1 Å². The van der Waals surface area contributed by atoms with Crippen molar-refractivity contribution >= 4 is 5.69 Å². The van der Waals surface area contributed by atoms with Gasteiger partial charge in [-0.1, -0.05) is 24.6 Å². The summed E-state index contributed by atoms with van der Waals surface area (Å²) in [6.45, 7) is 8.22. The first-order chi connectivity index (χ1) is 7.13. The third kappa shape index (κ3) is 3.92. The maximum Gasteiger partial charge on any atom is 0.0370 e. The molecule has 0 amide bonds. The summed E-state index contributed by atoms with van der Waals surface area (Å²) in [5.74, 6) is 0.600. The Labute approximate surface area is 92.9 Å². The third-order valence-electron chi connectivity index (χ3n) is 2.74. The third-order valence-corrected chi connectivity index (χ3v) is 2.74. The van der Waals surface area contributed by atoms with E-state index in [1.54, 1.807) is 0 Å². The molecule has 0 saturated heterocycles. The maximum absolute atomic E-state index is 5.57. The molecule has 0 radical (unpaired) electrons. The minimum absolute atomic E-state index is 0.600. The number of rotatable bonds is 5. The Morgan fingerprint density at radius 2 is 2.07 bits per heavy atom.